The van der Waals surface area contributed by atoms with E-state index in [2.05, 4.69) is 44.6 Å². The summed E-state index contributed by atoms with van der Waals surface area (Å²) in [6.07, 6.45) is 5.03. The number of anilines is 1. The Morgan fingerprint density at radius 2 is 2.26 bits per heavy atom. The van der Waals surface area contributed by atoms with E-state index < -0.39 is 0 Å². The second kappa shape index (κ2) is 9.60. The fourth-order valence-electron chi connectivity index (χ4n) is 3.29. The van der Waals surface area contributed by atoms with Crippen LogP contribution in [0.2, 0.25) is 0 Å². The van der Waals surface area contributed by atoms with E-state index in [1.807, 2.05) is 25.4 Å². The van der Waals surface area contributed by atoms with Crippen molar-refractivity contribution in [3.05, 3.63) is 40.3 Å². The molecule has 1 aromatic heterocycles. The maximum Gasteiger partial charge on any atom is 0.191 e. The number of nitrogens with one attached hydrogen (secondary N) is 2. The zero-order valence-corrected chi connectivity index (χ0v) is 17.2. The van der Waals surface area contributed by atoms with E-state index in [9.17, 15) is 0 Å². The van der Waals surface area contributed by atoms with Crippen LogP contribution in [0.3, 0.4) is 0 Å². The topological polar surface area (TPSA) is 61.8 Å². The van der Waals surface area contributed by atoms with Crippen molar-refractivity contribution in [1.82, 2.24) is 15.6 Å². The molecule has 1 unspecified atom stereocenters. The van der Waals surface area contributed by atoms with Crippen LogP contribution >= 0.6 is 11.3 Å². The van der Waals surface area contributed by atoms with Crippen LogP contribution in [0.15, 0.2) is 35.5 Å². The zero-order valence-electron chi connectivity index (χ0n) is 16.4. The molecule has 0 amide bonds. The number of hydrogen-bond acceptors (Lipinski definition) is 5. The molecule has 2 heterocycles. The van der Waals surface area contributed by atoms with Crippen LogP contribution in [0.4, 0.5) is 5.69 Å². The number of thiazole rings is 1. The molecule has 1 aromatic carbocycles. The minimum absolute atomic E-state index is 0.368. The molecule has 2 N–H and O–H groups in total. The van der Waals surface area contributed by atoms with E-state index in [1.165, 1.54) is 9.88 Å². The lowest BCUT2D eigenvalue weighted by molar-refractivity contribution is 0.415. The first-order valence-corrected chi connectivity index (χ1v) is 10.3. The summed E-state index contributed by atoms with van der Waals surface area (Å²) in [6, 6.07) is 8.56. The fraction of sp³-hybridized carbons (Fsp3) is 0.500. The monoisotopic (exact) mass is 387 g/mol. The second-order valence-corrected chi connectivity index (χ2v) is 7.77. The molecule has 1 saturated heterocycles. The van der Waals surface area contributed by atoms with Crippen molar-refractivity contribution < 1.29 is 4.74 Å². The SMILES string of the molecule is CCc1cnc(CCNC(=NC)NC2CCN(c3ccccc3OC)C2)s1. The Labute approximate surface area is 165 Å². The van der Waals surface area contributed by atoms with E-state index in [-0.39, 0.29) is 0 Å². The number of guanidine groups is 1. The number of methoxy groups -OCH3 is 1. The lowest BCUT2D eigenvalue weighted by Gasteiger charge is -2.22. The standard InChI is InChI=1S/C20H29N5OS/c1-4-16-13-23-19(27-16)9-11-22-20(21-2)24-15-10-12-25(14-15)17-7-5-6-8-18(17)26-3/h5-8,13,15H,4,9-12,14H2,1-3H3,(H2,21,22,24). The van der Waals surface area contributed by atoms with Gasteiger partial charge in [-0.05, 0) is 25.0 Å². The van der Waals surface area contributed by atoms with E-state index in [4.69, 9.17) is 4.74 Å². The first-order valence-electron chi connectivity index (χ1n) is 9.52. The van der Waals surface area contributed by atoms with Gasteiger partial charge in [0.2, 0.25) is 0 Å². The molecule has 0 aliphatic carbocycles. The molecular formula is C20H29N5OS. The van der Waals surface area contributed by atoms with Gasteiger partial charge in [-0.25, -0.2) is 4.98 Å². The third kappa shape index (κ3) is 5.13. The van der Waals surface area contributed by atoms with Gasteiger partial charge in [0, 0.05) is 50.2 Å². The molecule has 1 aliphatic rings. The van der Waals surface area contributed by atoms with Gasteiger partial charge >= 0.3 is 0 Å². The summed E-state index contributed by atoms with van der Waals surface area (Å²) in [6.45, 7) is 4.94. The predicted molar refractivity (Wildman–Crippen MR) is 113 cm³/mol. The quantitative estimate of drug-likeness (QED) is 0.565. The minimum atomic E-state index is 0.368. The van der Waals surface area contributed by atoms with E-state index in [0.29, 0.717) is 6.04 Å². The fourth-order valence-corrected chi connectivity index (χ4v) is 4.15. The number of rotatable bonds is 7. The number of aliphatic imine (C=N–C) groups is 1. The molecule has 6 nitrogen and oxygen atoms in total. The van der Waals surface area contributed by atoms with Gasteiger partial charge in [-0.15, -0.1) is 11.3 Å². The highest BCUT2D eigenvalue weighted by molar-refractivity contribution is 7.11. The minimum Gasteiger partial charge on any atom is -0.495 e. The van der Waals surface area contributed by atoms with E-state index in [0.717, 1.165) is 56.3 Å². The van der Waals surface area contributed by atoms with Gasteiger partial charge in [0.25, 0.3) is 0 Å². The highest BCUT2D eigenvalue weighted by atomic mass is 32.1. The van der Waals surface area contributed by atoms with Crippen LogP contribution in [-0.2, 0) is 12.8 Å². The van der Waals surface area contributed by atoms with Gasteiger partial charge in [0.05, 0.1) is 17.8 Å². The number of nitrogens with zero attached hydrogens (tertiary/aromatic N) is 3. The van der Waals surface area contributed by atoms with Gasteiger partial charge in [-0.1, -0.05) is 19.1 Å². The first-order chi connectivity index (χ1) is 13.2. The number of aromatic nitrogens is 1. The highest BCUT2D eigenvalue weighted by Gasteiger charge is 2.25. The molecule has 0 bridgehead atoms. The molecule has 1 aliphatic heterocycles. The third-order valence-corrected chi connectivity index (χ3v) is 5.96. The van der Waals surface area contributed by atoms with Crippen LogP contribution in [-0.4, -0.2) is 50.8 Å². The molecule has 0 saturated carbocycles. The van der Waals surface area contributed by atoms with Gasteiger partial charge in [-0.3, -0.25) is 4.99 Å². The molecule has 146 valence electrons. The molecule has 3 rings (SSSR count). The second-order valence-electron chi connectivity index (χ2n) is 6.57. The summed E-state index contributed by atoms with van der Waals surface area (Å²) in [5.74, 6) is 1.78. The number of para-hydroxylation sites is 2. The van der Waals surface area contributed by atoms with Crippen LogP contribution < -0.4 is 20.3 Å². The summed E-state index contributed by atoms with van der Waals surface area (Å²) < 4.78 is 5.50. The summed E-state index contributed by atoms with van der Waals surface area (Å²) in [7, 11) is 3.54. The maximum absolute atomic E-state index is 5.50. The van der Waals surface area contributed by atoms with Gasteiger partial charge in [0.15, 0.2) is 5.96 Å². The summed E-state index contributed by atoms with van der Waals surface area (Å²) in [4.78, 5) is 12.6. The summed E-state index contributed by atoms with van der Waals surface area (Å²) >= 11 is 1.80. The van der Waals surface area contributed by atoms with E-state index >= 15 is 0 Å². The largest absolute Gasteiger partial charge is 0.495 e. The number of hydrogen-bond donors (Lipinski definition) is 2. The number of ether oxygens (including phenoxy) is 1. The molecule has 2 aromatic rings. The first kappa shape index (κ1) is 19.5. The van der Waals surface area contributed by atoms with Gasteiger partial charge < -0.3 is 20.3 Å². The van der Waals surface area contributed by atoms with Crippen LogP contribution in [0.1, 0.15) is 23.2 Å². The van der Waals surface area contributed by atoms with E-state index in [1.54, 1.807) is 18.4 Å². The van der Waals surface area contributed by atoms with Crippen molar-refractivity contribution in [2.24, 2.45) is 4.99 Å². The molecule has 1 fully saturated rings. The average molecular weight is 388 g/mol. The Morgan fingerprint density at radius 3 is 3.00 bits per heavy atom. The smallest absolute Gasteiger partial charge is 0.191 e. The maximum atomic E-state index is 5.50. The van der Waals surface area contributed by atoms with Crippen LogP contribution in [0.25, 0.3) is 0 Å². The summed E-state index contributed by atoms with van der Waals surface area (Å²) in [5, 5.41) is 8.14. The van der Waals surface area contributed by atoms with Gasteiger partial charge in [-0.2, -0.15) is 0 Å². The third-order valence-electron chi connectivity index (χ3n) is 4.76. The van der Waals surface area contributed by atoms with Crippen molar-refractivity contribution in [2.45, 2.75) is 32.2 Å². The van der Waals surface area contributed by atoms with Crippen molar-refractivity contribution in [3.63, 3.8) is 0 Å². The molecule has 0 spiro atoms. The predicted octanol–water partition coefficient (Wildman–Crippen LogP) is 2.70. The molecule has 27 heavy (non-hydrogen) atoms. The van der Waals surface area contributed by atoms with Crippen LogP contribution in [0.5, 0.6) is 5.75 Å². The molecular weight excluding hydrogens is 358 g/mol. The van der Waals surface area contributed by atoms with Crippen molar-refractivity contribution >= 4 is 23.0 Å². The normalized spacial score (nSPS) is 17.2. The number of aryl methyl sites for hydroxylation is 1. The Morgan fingerprint density at radius 1 is 1.41 bits per heavy atom. The Hall–Kier alpha value is -2.28. The number of benzene rings is 1. The van der Waals surface area contributed by atoms with Crippen molar-refractivity contribution in [1.29, 1.82) is 0 Å². The van der Waals surface area contributed by atoms with Crippen molar-refractivity contribution in [3.8, 4) is 5.75 Å². The summed E-state index contributed by atoms with van der Waals surface area (Å²) in [5.41, 5.74) is 1.16. The Balaban J connectivity index is 1.47. The Kier molecular flexibility index (Phi) is 6.92. The average Bonchev–Trinajstić information content (AvgIpc) is 3.36. The van der Waals surface area contributed by atoms with Crippen LogP contribution in [0, 0.1) is 0 Å². The molecule has 0 radical (unpaired) electrons. The lowest BCUT2D eigenvalue weighted by atomic mass is 10.2. The van der Waals surface area contributed by atoms with Crippen molar-refractivity contribution in [2.75, 3.05) is 38.7 Å². The Bertz CT molecular complexity index is 760. The highest BCUT2D eigenvalue weighted by Crippen LogP contribution is 2.30. The lowest BCUT2D eigenvalue weighted by Crippen LogP contribution is -2.45. The van der Waals surface area contributed by atoms with Gasteiger partial charge in [0.1, 0.15) is 5.75 Å². The molecule has 1 atom stereocenters. The zero-order chi connectivity index (χ0) is 19.1. The molecule has 7 heteroatoms.